The van der Waals surface area contributed by atoms with Crippen molar-refractivity contribution in [3.05, 3.63) is 36.2 Å². The summed E-state index contributed by atoms with van der Waals surface area (Å²) in [7, 11) is 0. The molecule has 0 radical (unpaired) electrons. The molecule has 0 aliphatic rings. The number of nitrogens with zero attached hydrogens (tertiary/aromatic N) is 1. The van der Waals surface area contributed by atoms with Crippen LogP contribution >= 0.6 is 0 Å². The van der Waals surface area contributed by atoms with E-state index in [1.807, 2.05) is 26.0 Å². The summed E-state index contributed by atoms with van der Waals surface area (Å²) < 4.78 is 5.35. The molecule has 0 atom stereocenters. The van der Waals surface area contributed by atoms with Crippen molar-refractivity contribution >= 4 is 5.78 Å². The van der Waals surface area contributed by atoms with Crippen molar-refractivity contribution in [3.63, 3.8) is 0 Å². The number of rotatable bonds is 5. The number of ether oxygens (including phenoxy) is 1. The smallest absolute Gasteiger partial charge is 0.180 e. The Morgan fingerprint density at radius 1 is 1.53 bits per heavy atom. The zero-order valence-corrected chi connectivity index (χ0v) is 9.06. The van der Waals surface area contributed by atoms with Gasteiger partial charge in [-0.05, 0) is 19.1 Å². The highest BCUT2D eigenvalue weighted by atomic mass is 16.5. The van der Waals surface area contributed by atoms with E-state index in [0.717, 1.165) is 0 Å². The maximum Gasteiger partial charge on any atom is 0.180 e. The Balaban J connectivity index is 2.60. The molecule has 0 saturated carbocycles. The first-order valence-corrected chi connectivity index (χ1v) is 5.01. The average molecular weight is 205 g/mol. The predicted molar refractivity (Wildman–Crippen MR) is 59.2 cm³/mol. The van der Waals surface area contributed by atoms with E-state index in [9.17, 15) is 4.79 Å². The van der Waals surface area contributed by atoms with E-state index in [0.29, 0.717) is 24.5 Å². The summed E-state index contributed by atoms with van der Waals surface area (Å²) in [6, 6.07) is 3.45. The third-order valence-electron chi connectivity index (χ3n) is 1.93. The van der Waals surface area contributed by atoms with Gasteiger partial charge in [-0.25, -0.2) is 4.98 Å². The maximum atomic E-state index is 11.3. The molecule has 0 amide bonds. The Bertz CT molecular complexity index is 341. The van der Waals surface area contributed by atoms with E-state index < -0.39 is 0 Å². The monoisotopic (exact) mass is 205 g/mol. The minimum Gasteiger partial charge on any atom is -0.488 e. The SMILES string of the molecule is C/C=C/COc1ccc(C(=O)CC)nc1. The lowest BCUT2D eigenvalue weighted by Gasteiger charge is -2.02. The van der Waals surface area contributed by atoms with Gasteiger partial charge in [-0.3, -0.25) is 4.79 Å². The average Bonchev–Trinajstić information content (AvgIpc) is 2.29. The molecule has 3 nitrogen and oxygen atoms in total. The van der Waals surface area contributed by atoms with Crippen molar-refractivity contribution in [2.24, 2.45) is 0 Å². The topological polar surface area (TPSA) is 39.2 Å². The number of allylic oxidation sites excluding steroid dienone is 1. The van der Waals surface area contributed by atoms with Gasteiger partial charge in [-0.15, -0.1) is 0 Å². The van der Waals surface area contributed by atoms with Crippen LogP contribution < -0.4 is 4.74 Å². The van der Waals surface area contributed by atoms with Crippen molar-refractivity contribution in [2.75, 3.05) is 6.61 Å². The Morgan fingerprint density at radius 2 is 2.33 bits per heavy atom. The first-order valence-electron chi connectivity index (χ1n) is 5.01. The lowest BCUT2D eigenvalue weighted by Crippen LogP contribution is -2.00. The van der Waals surface area contributed by atoms with E-state index in [1.54, 1.807) is 18.3 Å². The molecule has 0 spiro atoms. The molecular weight excluding hydrogens is 190 g/mol. The molecule has 0 bridgehead atoms. The zero-order valence-electron chi connectivity index (χ0n) is 9.06. The fourth-order valence-corrected chi connectivity index (χ4v) is 1.05. The Hall–Kier alpha value is -1.64. The van der Waals surface area contributed by atoms with Gasteiger partial charge in [0.25, 0.3) is 0 Å². The number of hydrogen-bond donors (Lipinski definition) is 0. The van der Waals surface area contributed by atoms with Crippen LogP contribution in [0.15, 0.2) is 30.5 Å². The fraction of sp³-hybridized carbons (Fsp3) is 0.333. The van der Waals surface area contributed by atoms with Crippen molar-refractivity contribution in [1.82, 2.24) is 4.98 Å². The Morgan fingerprint density at radius 3 is 2.87 bits per heavy atom. The van der Waals surface area contributed by atoms with Gasteiger partial charge >= 0.3 is 0 Å². The molecule has 1 aromatic rings. The molecule has 0 aliphatic carbocycles. The third kappa shape index (κ3) is 3.54. The van der Waals surface area contributed by atoms with Crippen LogP contribution in [0.5, 0.6) is 5.75 Å². The minimum atomic E-state index is 0.0509. The fourth-order valence-electron chi connectivity index (χ4n) is 1.05. The van der Waals surface area contributed by atoms with Gasteiger partial charge < -0.3 is 4.74 Å². The summed E-state index contributed by atoms with van der Waals surface area (Å²) in [5.74, 6) is 0.732. The number of carbonyl (C=O) groups excluding carboxylic acids is 1. The largest absolute Gasteiger partial charge is 0.488 e. The number of hydrogen-bond acceptors (Lipinski definition) is 3. The van der Waals surface area contributed by atoms with Crippen molar-refractivity contribution < 1.29 is 9.53 Å². The second-order valence-corrected chi connectivity index (χ2v) is 3.04. The zero-order chi connectivity index (χ0) is 11.1. The van der Waals surface area contributed by atoms with Crippen molar-refractivity contribution in [3.8, 4) is 5.75 Å². The molecule has 1 rings (SSSR count). The van der Waals surface area contributed by atoms with Crippen LogP contribution in [0.3, 0.4) is 0 Å². The lowest BCUT2D eigenvalue weighted by atomic mass is 10.2. The molecule has 0 unspecified atom stereocenters. The van der Waals surface area contributed by atoms with Gasteiger partial charge in [0.2, 0.25) is 0 Å². The van der Waals surface area contributed by atoms with Crippen LogP contribution in [0.25, 0.3) is 0 Å². The molecular formula is C12H15NO2. The van der Waals surface area contributed by atoms with Crippen molar-refractivity contribution in [2.45, 2.75) is 20.3 Å². The van der Waals surface area contributed by atoms with Crippen molar-refractivity contribution in [1.29, 1.82) is 0 Å². The standard InChI is InChI=1S/C12H15NO2/c1-3-5-8-15-10-6-7-11(13-9-10)12(14)4-2/h3,5-7,9H,4,8H2,1-2H3/b5-3+. The van der Waals surface area contributed by atoms with Crippen LogP contribution in [0.4, 0.5) is 0 Å². The highest BCUT2D eigenvalue weighted by Gasteiger charge is 2.03. The quantitative estimate of drug-likeness (QED) is 0.548. The Labute approximate surface area is 89.8 Å². The molecule has 0 aliphatic heterocycles. The van der Waals surface area contributed by atoms with E-state index >= 15 is 0 Å². The van der Waals surface area contributed by atoms with Gasteiger partial charge in [-0.2, -0.15) is 0 Å². The molecule has 1 heterocycles. The molecule has 0 N–H and O–H groups in total. The second-order valence-electron chi connectivity index (χ2n) is 3.04. The normalized spacial score (nSPS) is 10.5. The number of pyridine rings is 1. The molecule has 1 aromatic heterocycles. The van der Waals surface area contributed by atoms with Crippen LogP contribution in [0, 0.1) is 0 Å². The van der Waals surface area contributed by atoms with Gasteiger partial charge in [0.1, 0.15) is 18.1 Å². The van der Waals surface area contributed by atoms with Crippen LogP contribution in [-0.4, -0.2) is 17.4 Å². The van der Waals surface area contributed by atoms with Crippen LogP contribution in [0.2, 0.25) is 0 Å². The first kappa shape index (κ1) is 11.4. The van der Waals surface area contributed by atoms with E-state index in [-0.39, 0.29) is 5.78 Å². The summed E-state index contributed by atoms with van der Waals surface area (Å²) in [5.41, 5.74) is 0.496. The first-order chi connectivity index (χ1) is 7.27. The second kappa shape index (κ2) is 5.96. The molecule has 0 fully saturated rings. The number of Topliss-reactive ketones (excluding diaryl/α,β-unsaturated/α-hetero) is 1. The highest BCUT2D eigenvalue weighted by molar-refractivity contribution is 5.93. The number of carbonyl (C=O) groups is 1. The van der Waals surface area contributed by atoms with Gasteiger partial charge in [0.15, 0.2) is 5.78 Å². The predicted octanol–water partition coefficient (Wildman–Crippen LogP) is 2.63. The van der Waals surface area contributed by atoms with Gasteiger partial charge in [0, 0.05) is 6.42 Å². The summed E-state index contributed by atoms with van der Waals surface area (Å²) in [4.78, 5) is 15.3. The summed E-state index contributed by atoms with van der Waals surface area (Å²) in [6.07, 6.45) is 5.88. The molecule has 0 saturated heterocycles. The van der Waals surface area contributed by atoms with E-state index in [2.05, 4.69) is 4.98 Å². The number of ketones is 1. The summed E-state index contributed by atoms with van der Waals surface area (Å²) >= 11 is 0. The maximum absolute atomic E-state index is 11.3. The minimum absolute atomic E-state index is 0.0509. The highest BCUT2D eigenvalue weighted by Crippen LogP contribution is 2.10. The third-order valence-corrected chi connectivity index (χ3v) is 1.93. The van der Waals surface area contributed by atoms with E-state index in [4.69, 9.17) is 4.74 Å². The Kier molecular flexibility index (Phi) is 4.54. The molecule has 0 aromatic carbocycles. The molecule has 3 heteroatoms. The number of aromatic nitrogens is 1. The molecule has 80 valence electrons. The van der Waals surface area contributed by atoms with Gasteiger partial charge in [0.05, 0.1) is 6.20 Å². The summed E-state index contributed by atoms with van der Waals surface area (Å²) in [6.45, 7) is 4.28. The van der Waals surface area contributed by atoms with Crippen LogP contribution in [-0.2, 0) is 0 Å². The van der Waals surface area contributed by atoms with Crippen LogP contribution in [0.1, 0.15) is 30.8 Å². The molecule has 15 heavy (non-hydrogen) atoms. The van der Waals surface area contributed by atoms with E-state index in [1.165, 1.54) is 0 Å². The van der Waals surface area contributed by atoms with Gasteiger partial charge in [-0.1, -0.05) is 19.1 Å². The summed E-state index contributed by atoms with van der Waals surface area (Å²) in [5, 5.41) is 0. The lowest BCUT2D eigenvalue weighted by molar-refractivity contribution is 0.0983.